The van der Waals surface area contributed by atoms with Crippen LogP contribution in [0, 0.1) is 5.82 Å². The molecule has 2 rings (SSSR count). The molecular formula is C17H17ClFNO3. The number of methoxy groups -OCH3 is 2. The molecule has 23 heavy (non-hydrogen) atoms. The maximum atomic E-state index is 13.7. The Morgan fingerprint density at radius 2 is 1.91 bits per heavy atom. The SMILES string of the molecule is COc1cccc(CNC(=O)Cc2c(F)cccc2Cl)c1OC. The van der Waals surface area contributed by atoms with Crippen molar-refractivity contribution in [3.05, 3.63) is 58.4 Å². The highest BCUT2D eigenvalue weighted by Crippen LogP contribution is 2.30. The van der Waals surface area contributed by atoms with Gasteiger partial charge >= 0.3 is 0 Å². The molecule has 122 valence electrons. The molecule has 0 aliphatic carbocycles. The number of hydrogen-bond donors (Lipinski definition) is 1. The van der Waals surface area contributed by atoms with Crippen LogP contribution in [0.4, 0.5) is 4.39 Å². The Balaban J connectivity index is 2.05. The first-order chi connectivity index (χ1) is 11.1. The van der Waals surface area contributed by atoms with E-state index in [1.165, 1.54) is 19.2 Å². The number of ether oxygens (including phenoxy) is 2. The Kier molecular flexibility index (Phi) is 5.82. The third-order valence-corrected chi connectivity index (χ3v) is 3.71. The zero-order valence-corrected chi connectivity index (χ0v) is 13.6. The summed E-state index contributed by atoms with van der Waals surface area (Å²) in [5, 5.41) is 2.96. The normalized spacial score (nSPS) is 10.3. The van der Waals surface area contributed by atoms with Gasteiger partial charge in [-0.3, -0.25) is 4.79 Å². The van der Waals surface area contributed by atoms with Crippen molar-refractivity contribution < 1.29 is 18.7 Å². The minimum atomic E-state index is -0.494. The van der Waals surface area contributed by atoms with Gasteiger partial charge in [0.25, 0.3) is 0 Å². The van der Waals surface area contributed by atoms with Crippen LogP contribution in [-0.4, -0.2) is 20.1 Å². The Hall–Kier alpha value is -2.27. The fourth-order valence-corrected chi connectivity index (χ4v) is 2.44. The van der Waals surface area contributed by atoms with E-state index in [9.17, 15) is 9.18 Å². The molecule has 0 heterocycles. The average Bonchev–Trinajstić information content (AvgIpc) is 2.55. The first-order valence-corrected chi connectivity index (χ1v) is 7.34. The number of nitrogens with one attached hydrogen (secondary N) is 1. The standard InChI is InChI=1S/C17H17ClFNO3/c1-22-15-8-3-5-11(17(15)23-2)10-20-16(21)9-12-13(18)6-4-7-14(12)19/h3-8H,9-10H2,1-2H3,(H,20,21). The first kappa shape index (κ1) is 17.1. The number of para-hydroxylation sites is 1. The number of carbonyl (C=O) groups is 1. The van der Waals surface area contributed by atoms with Crippen molar-refractivity contribution in [1.29, 1.82) is 0 Å². The van der Waals surface area contributed by atoms with Gasteiger partial charge in [-0.1, -0.05) is 29.8 Å². The second kappa shape index (κ2) is 7.83. The number of halogens is 2. The quantitative estimate of drug-likeness (QED) is 0.879. The highest BCUT2D eigenvalue weighted by atomic mass is 35.5. The molecular weight excluding hydrogens is 321 g/mol. The lowest BCUT2D eigenvalue weighted by atomic mass is 10.1. The third-order valence-electron chi connectivity index (χ3n) is 3.36. The minimum absolute atomic E-state index is 0.127. The van der Waals surface area contributed by atoms with Crippen LogP contribution in [0.3, 0.4) is 0 Å². The molecule has 4 nitrogen and oxygen atoms in total. The van der Waals surface area contributed by atoms with Gasteiger partial charge in [-0.2, -0.15) is 0 Å². The fourth-order valence-electron chi connectivity index (χ4n) is 2.21. The summed E-state index contributed by atoms with van der Waals surface area (Å²) >= 11 is 5.92. The number of rotatable bonds is 6. The summed E-state index contributed by atoms with van der Waals surface area (Å²) in [6.07, 6.45) is -0.127. The Labute approximate surface area is 139 Å². The van der Waals surface area contributed by atoms with Crippen LogP contribution in [-0.2, 0) is 17.8 Å². The molecule has 0 aromatic heterocycles. The summed E-state index contributed by atoms with van der Waals surface area (Å²) in [7, 11) is 3.07. The zero-order chi connectivity index (χ0) is 16.8. The van der Waals surface area contributed by atoms with Crippen LogP contribution in [0.15, 0.2) is 36.4 Å². The molecule has 0 unspecified atom stereocenters. The summed E-state index contributed by atoms with van der Waals surface area (Å²) in [6.45, 7) is 0.241. The van der Waals surface area contributed by atoms with Crippen molar-refractivity contribution in [2.24, 2.45) is 0 Å². The topological polar surface area (TPSA) is 47.6 Å². The summed E-state index contributed by atoms with van der Waals surface area (Å²) in [6, 6.07) is 9.72. The predicted molar refractivity (Wildman–Crippen MR) is 86.5 cm³/mol. The van der Waals surface area contributed by atoms with Gasteiger partial charge in [0.2, 0.25) is 5.91 Å². The van der Waals surface area contributed by atoms with Crippen molar-refractivity contribution in [1.82, 2.24) is 5.32 Å². The summed E-state index contributed by atoms with van der Waals surface area (Å²) in [5.41, 5.74) is 0.948. The number of benzene rings is 2. The lowest BCUT2D eigenvalue weighted by Crippen LogP contribution is -2.25. The molecule has 0 saturated carbocycles. The monoisotopic (exact) mass is 337 g/mol. The van der Waals surface area contributed by atoms with Crippen LogP contribution in [0.1, 0.15) is 11.1 Å². The molecule has 0 aliphatic rings. The Morgan fingerprint density at radius 3 is 2.57 bits per heavy atom. The Bertz CT molecular complexity index is 686. The van der Waals surface area contributed by atoms with Gasteiger partial charge in [0, 0.05) is 22.7 Å². The molecule has 0 aliphatic heterocycles. The minimum Gasteiger partial charge on any atom is -0.493 e. The number of amides is 1. The van der Waals surface area contributed by atoms with Gasteiger partial charge in [-0.05, 0) is 18.2 Å². The van der Waals surface area contributed by atoms with Gasteiger partial charge in [0.05, 0.1) is 20.6 Å². The van der Waals surface area contributed by atoms with E-state index in [1.807, 2.05) is 6.07 Å². The van der Waals surface area contributed by atoms with Crippen LogP contribution < -0.4 is 14.8 Å². The average molecular weight is 338 g/mol. The van der Waals surface area contributed by atoms with Crippen LogP contribution in [0.25, 0.3) is 0 Å². The molecule has 6 heteroatoms. The molecule has 0 bridgehead atoms. The fraction of sp³-hybridized carbons (Fsp3) is 0.235. The molecule has 0 atom stereocenters. The van der Waals surface area contributed by atoms with E-state index in [1.54, 1.807) is 25.3 Å². The van der Waals surface area contributed by atoms with Crippen molar-refractivity contribution in [3.63, 3.8) is 0 Å². The van der Waals surface area contributed by atoms with E-state index < -0.39 is 5.82 Å². The van der Waals surface area contributed by atoms with Crippen molar-refractivity contribution in [2.75, 3.05) is 14.2 Å². The molecule has 1 amide bonds. The lowest BCUT2D eigenvalue weighted by Gasteiger charge is -2.13. The zero-order valence-electron chi connectivity index (χ0n) is 12.9. The maximum Gasteiger partial charge on any atom is 0.224 e. The molecule has 1 N–H and O–H groups in total. The Morgan fingerprint density at radius 1 is 1.17 bits per heavy atom. The summed E-state index contributed by atoms with van der Waals surface area (Å²) in [4.78, 5) is 12.0. The molecule has 0 radical (unpaired) electrons. The van der Waals surface area contributed by atoms with Gasteiger partial charge < -0.3 is 14.8 Å². The summed E-state index contributed by atoms with van der Waals surface area (Å²) in [5.74, 6) is 0.309. The molecule has 2 aromatic carbocycles. The van der Waals surface area contributed by atoms with Crippen molar-refractivity contribution >= 4 is 17.5 Å². The van der Waals surface area contributed by atoms with E-state index in [-0.39, 0.29) is 29.5 Å². The van der Waals surface area contributed by atoms with Crippen LogP contribution in [0.5, 0.6) is 11.5 Å². The second-order valence-corrected chi connectivity index (χ2v) is 5.21. The molecule has 2 aromatic rings. The van der Waals surface area contributed by atoms with E-state index in [0.717, 1.165) is 5.56 Å². The molecule has 0 spiro atoms. The van der Waals surface area contributed by atoms with Crippen molar-refractivity contribution in [2.45, 2.75) is 13.0 Å². The molecule has 0 saturated heterocycles. The van der Waals surface area contributed by atoms with Gasteiger partial charge in [0.1, 0.15) is 5.82 Å². The maximum absolute atomic E-state index is 13.7. The second-order valence-electron chi connectivity index (χ2n) is 4.81. The van der Waals surface area contributed by atoms with Gasteiger partial charge in [-0.15, -0.1) is 0 Å². The summed E-state index contributed by atoms with van der Waals surface area (Å²) < 4.78 is 24.2. The van der Waals surface area contributed by atoms with Crippen LogP contribution >= 0.6 is 11.6 Å². The first-order valence-electron chi connectivity index (χ1n) is 6.96. The highest BCUT2D eigenvalue weighted by molar-refractivity contribution is 6.31. The number of hydrogen-bond acceptors (Lipinski definition) is 3. The van der Waals surface area contributed by atoms with E-state index >= 15 is 0 Å². The lowest BCUT2D eigenvalue weighted by molar-refractivity contribution is -0.120. The van der Waals surface area contributed by atoms with E-state index in [2.05, 4.69) is 5.32 Å². The van der Waals surface area contributed by atoms with Gasteiger partial charge in [-0.25, -0.2) is 4.39 Å². The van der Waals surface area contributed by atoms with E-state index in [0.29, 0.717) is 11.5 Å². The highest BCUT2D eigenvalue weighted by Gasteiger charge is 2.14. The predicted octanol–water partition coefficient (Wildman–Crippen LogP) is 3.36. The van der Waals surface area contributed by atoms with Gasteiger partial charge in [0.15, 0.2) is 11.5 Å². The number of carbonyl (C=O) groups excluding carboxylic acids is 1. The van der Waals surface area contributed by atoms with E-state index in [4.69, 9.17) is 21.1 Å². The van der Waals surface area contributed by atoms with Crippen molar-refractivity contribution in [3.8, 4) is 11.5 Å². The molecule has 0 fully saturated rings. The van der Waals surface area contributed by atoms with Crippen LogP contribution in [0.2, 0.25) is 5.02 Å². The largest absolute Gasteiger partial charge is 0.493 e. The third kappa shape index (κ3) is 4.13. The smallest absolute Gasteiger partial charge is 0.224 e.